The molecule has 0 unspecified atom stereocenters. The molecule has 1 amide bonds. The Labute approximate surface area is 140 Å². The van der Waals surface area contributed by atoms with Gasteiger partial charge in [-0.3, -0.25) is 9.89 Å². The molecule has 0 radical (unpaired) electrons. The summed E-state index contributed by atoms with van der Waals surface area (Å²) in [7, 11) is 1.61. The molecule has 25 heavy (non-hydrogen) atoms. The molecule has 0 aliphatic heterocycles. The van der Waals surface area contributed by atoms with Crippen molar-refractivity contribution in [2.75, 3.05) is 0 Å². The van der Waals surface area contributed by atoms with Crippen LogP contribution >= 0.6 is 0 Å². The van der Waals surface area contributed by atoms with E-state index >= 15 is 0 Å². The SMILES string of the molecule is Cn1ccc([C@H](NC(=O)c2cccc(-c3ncn[nH]3)c2)C(F)(F)F)c1. The lowest BCUT2D eigenvalue weighted by Gasteiger charge is -2.21. The van der Waals surface area contributed by atoms with Gasteiger partial charge in [0.15, 0.2) is 11.9 Å². The van der Waals surface area contributed by atoms with Crippen LogP contribution in [0.15, 0.2) is 49.1 Å². The number of H-pyrrole nitrogens is 1. The first kappa shape index (κ1) is 16.7. The van der Waals surface area contributed by atoms with Crippen molar-refractivity contribution in [2.45, 2.75) is 12.2 Å². The van der Waals surface area contributed by atoms with Crippen molar-refractivity contribution in [2.24, 2.45) is 7.05 Å². The van der Waals surface area contributed by atoms with E-state index in [1.165, 1.54) is 41.5 Å². The van der Waals surface area contributed by atoms with E-state index in [2.05, 4.69) is 20.5 Å². The van der Waals surface area contributed by atoms with Gasteiger partial charge in [-0.15, -0.1) is 0 Å². The number of amides is 1. The minimum absolute atomic E-state index is 0.0326. The number of hydrogen-bond acceptors (Lipinski definition) is 3. The fraction of sp³-hybridized carbons (Fsp3) is 0.188. The van der Waals surface area contributed by atoms with Crippen LogP contribution in [0.5, 0.6) is 0 Å². The molecule has 3 rings (SSSR count). The molecular formula is C16H14F3N5O. The van der Waals surface area contributed by atoms with Crippen LogP contribution in [0.4, 0.5) is 13.2 Å². The van der Waals surface area contributed by atoms with E-state index in [1.54, 1.807) is 19.2 Å². The molecule has 2 N–H and O–H groups in total. The Morgan fingerprint density at radius 3 is 2.72 bits per heavy atom. The Hall–Kier alpha value is -3.10. The van der Waals surface area contributed by atoms with Gasteiger partial charge in [0.1, 0.15) is 6.33 Å². The third kappa shape index (κ3) is 3.70. The highest BCUT2D eigenvalue weighted by Crippen LogP contribution is 2.33. The zero-order valence-corrected chi connectivity index (χ0v) is 13.1. The molecule has 0 fully saturated rings. The molecule has 0 spiro atoms. The maximum Gasteiger partial charge on any atom is 0.412 e. The topological polar surface area (TPSA) is 75.6 Å². The first-order chi connectivity index (χ1) is 11.8. The third-order valence-corrected chi connectivity index (χ3v) is 3.60. The molecule has 6 nitrogen and oxygen atoms in total. The number of halogens is 3. The highest BCUT2D eigenvalue weighted by Gasteiger charge is 2.42. The lowest BCUT2D eigenvalue weighted by molar-refractivity contribution is -0.155. The number of aromatic nitrogens is 4. The van der Waals surface area contributed by atoms with Crippen molar-refractivity contribution in [3.05, 3.63) is 60.2 Å². The monoisotopic (exact) mass is 349 g/mol. The molecule has 0 bridgehead atoms. The van der Waals surface area contributed by atoms with Crippen molar-refractivity contribution < 1.29 is 18.0 Å². The maximum absolute atomic E-state index is 13.3. The molecule has 1 atom stereocenters. The van der Waals surface area contributed by atoms with Gasteiger partial charge < -0.3 is 9.88 Å². The fourth-order valence-corrected chi connectivity index (χ4v) is 2.42. The number of benzene rings is 1. The highest BCUT2D eigenvalue weighted by atomic mass is 19.4. The summed E-state index contributed by atoms with van der Waals surface area (Å²) in [5, 5.41) is 8.40. The van der Waals surface area contributed by atoms with Crippen molar-refractivity contribution in [1.82, 2.24) is 25.1 Å². The van der Waals surface area contributed by atoms with Gasteiger partial charge in [0.25, 0.3) is 5.91 Å². The standard InChI is InChI=1S/C16H14F3N5O/c1-24-6-5-12(8-24)13(16(17,18)19)22-15(25)11-4-2-3-10(7-11)14-20-9-21-23-14/h2-9,13H,1H3,(H,22,25)(H,20,21,23)/t13-/m0/s1. The van der Waals surface area contributed by atoms with Gasteiger partial charge in [0.05, 0.1) is 0 Å². The fourth-order valence-electron chi connectivity index (χ4n) is 2.42. The summed E-state index contributed by atoms with van der Waals surface area (Å²) >= 11 is 0. The second-order valence-corrected chi connectivity index (χ2v) is 5.47. The van der Waals surface area contributed by atoms with Crippen molar-refractivity contribution >= 4 is 5.91 Å². The van der Waals surface area contributed by atoms with Crippen molar-refractivity contribution in [3.8, 4) is 11.4 Å². The quantitative estimate of drug-likeness (QED) is 0.760. The number of carbonyl (C=O) groups is 1. The average Bonchev–Trinajstić information content (AvgIpc) is 3.23. The van der Waals surface area contributed by atoms with Crippen molar-refractivity contribution in [1.29, 1.82) is 0 Å². The van der Waals surface area contributed by atoms with Crippen molar-refractivity contribution in [3.63, 3.8) is 0 Å². The van der Waals surface area contributed by atoms with Crippen LogP contribution in [0.25, 0.3) is 11.4 Å². The van der Waals surface area contributed by atoms with E-state index in [0.29, 0.717) is 11.4 Å². The number of rotatable bonds is 4. The Morgan fingerprint density at radius 2 is 2.12 bits per heavy atom. The lowest BCUT2D eigenvalue weighted by Crippen LogP contribution is -2.38. The molecule has 0 aliphatic carbocycles. The van der Waals surface area contributed by atoms with Crippen LogP contribution in [0.3, 0.4) is 0 Å². The van der Waals surface area contributed by atoms with Crippen LogP contribution in [-0.4, -0.2) is 31.8 Å². The number of aromatic amines is 1. The summed E-state index contributed by atoms with van der Waals surface area (Å²) < 4.78 is 41.5. The minimum Gasteiger partial charge on any atom is -0.357 e. The normalized spacial score (nSPS) is 12.8. The van der Waals surface area contributed by atoms with Gasteiger partial charge in [-0.1, -0.05) is 12.1 Å². The van der Waals surface area contributed by atoms with Crippen LogP contribution < -0.4 is 5.32 Å². The number of alkyl halides is 3. The first-order valence-electron chi connectivity index (χ1n) is 7.30. The van der Waals surface area contributed by atoms with E-state index in [9.17, 15) is 18.0 Å². The molecule has 0 aliphatic rings. The van der Waals surface area contributed by atoms with Gasteiger partial charge in [0, 0.05) is 36.1 Å². The third-order valence-electron chi connectivity index (χ3n) is 3.60. The van der Waals surface area contributed by atoms with E-state index in [4.69, 9.17) is 0 Å². The lowest BCUT2D eigenvalue weighted by atomic mass is 10.1. The molecule has 0 saturated heterocycles. The van der Waals surface area contributed by atoms with E-state index in [1.807, 2.05) is 0 Å². The predicted octanol–water partition coefficient (Wildman–Crippen LogP) is 2.84. The zero-order valence-electron chi connectivity index (χ0n) is 13.1. The molecule has 0 saturated carbocycles. The summed E-state index contributed by atoms with van der Waals surface area (Å²) in [6.07, 6.45) is -0.495. The second kappa shape index (κ2) is 6.42. The van der Waals surface area contributed by atoms with E-state index < -0.39 is 18.1 Å². The van der Waals surface area contributed by atoms with E-state index in [0.717, 1.165) is 0 Å². The molecule has 2 heterocycles. The molecule has 1 aromatic carbocycles. The van der Waals surface area contributed by atoms with Crippen LogP contribution in [0.1, 0.15) is 22.0 Å². The Morgan fingerprint density at radius 1 is 1.32 bits per heavy atom. The number of nitrogens with zero attached hydrogens (tertiary/aromatic N) is 3. The predicted molar refractivity (Wildman–Crippen MR) is 83.5 cm³/mol. The second-order valence-electron chi connectivity index (χ2n) is 5.47. The Bertz CT molecular complexity index is 870. The smallest absolute Gasteiger partial charge is 0.357 e. The Kier molecular flexibility index (Phi) is 4.30. The van der Waals surface area contributed by atoms with Crippen LogP contribution in [-0.2, 0) is 7.05 Å². The maximum atomic E-state index is 13.3. The number of carbonyl (C=O) groups excluding carboxylic acids is 1. The molecule has 9 heteroatoms. The van der Waals surface area contributed by atoms with Gasteiger partial charge in [-0.05, 0) is 18.2 Å². The minimum atomic E-state index is -4.61. The summed E-state index contributed by atoms with van der Waals surface area (Å²) in [6.45, 7) is 0. The van der Waals surface area contributed by atoms with Crippen LogP contribution in [0.2, 0.25) is 0 Å². The Balaban J connectivity index is 1.86. The summed E-state index contributed by atoms with van der Waals surface area (Å²) in [4.78, 5) is 16.3. The molecular weight excluding hydrogens is 335 g/mol. The number of aryl methyl sites for hydroxylation is 1. The summed E-state index contributed by atoms with van der Waals surface area (Å²) in [5.74, 6) is -0.405. The summed E-state index contributed by atoms with van der Waals surface area (Å²) in [5.41, 5.74) is 0.613. The largest absolute Gasteiger partial charge is 0.412 e. The summed E-state index contributed by atoms with van der Waals surface area (Å²) in [6, 6.07) is 5.37. The zero-order chi connectivity index (χ0) is 18.0. The van der Waals surface area contributed by atoms with Gasteiger partial charge in [-0.2, -0.15) is 18.3 Å². The van der Waals surface area contributed by atoms with Gasteiger partial charge in [-0.25, -0.2) is 4.98 Å². The molecule has 3 aromatic rings. The van der Waals surface area contributed by atoms with Gasteiger partial charge in [0.2, 0.25) is 0 Å². The average molecular weight is 349 g/mol. The number of hydrogen-bond donors (Lipinski definition) is 2. The highest BCUT2D eigenvalue weighted by molar-refractivity contribution is 5.95. The molecule has 2 aromatic heterocycles. The van der Waals surface area contributed by atoms with E-state index in [-0.39, 0.29) is 11.1 Å². The first-order valence-corrected chi connectivity index (χ1v) is 7.30. The molecule has 130 valence electrons. The number of nitrogens with one attached hydrogen (secondary N) is 2. The van der Waals surface area contributed by atoms with Crippen LogP contribution in [0, 0.1) is 0 Å². The van der Waals surface area contributed by atoms with Gasteiger partial charge >= 0.3 is 6.18 Å².